The van der Waals surface area contributed by atoms with E-state index in [1.54, 1.807) is 0 Å². The summed E-state index contributed by atoms with van der Waals surface area (Å²) < 4.78 is 0. The van der Waals surface area contributed by atoms with Crippen molar-refractivity contribution >= 4 is 24.2 Å². The van der Waals surface area contributed by atoms with Crippen LogP contribution in [0.5, 0.6) is 0 Å². The maximum absolute atomic E-state index is 12.7. The summed E-state index contributed by atoms with van der Waals surface area (Å²) in [5.74, 6) is 1.48. The van der Waals surface area contributed by atoms with Crippen LogP contribution in [0.15, 0.2) is 0 Å². The van der Waals surface area contributed by atoms with E-state index in [4.69, 9.17) is 0 Å². The molecule has 2 aliphatic heterocycles. The molecule has 1 N–H and O–H groups in total. The molecule has 0 aliphatic carbocycles. The fourth-order valence-electron chi connectivity index (χ4n) is 3.80. The van der Waals surface area contributed by atoms with Crippen molar-refractivity contribution in [1.29, 1.82) is 0 Å². The summed E-state index contributed by atoms with van der Waals surface area (Å²) >= 11 is 0. The Bertz CT molecular complexity index is 390. The molecular weight excluding hydrogens is 326 g/mol. The molecule has 24 heavy (non-hydrogen) atoms. The standard InChI is InChI=1S/C18H33N3O2.ClH/c1-3-4-17(22)20-13-8-16(9-14-20)18(23)21-11-6-15(7-12-21)5-10-19-2;/h15-16,19H,3-14H2,1-2H3;1H. The van der Waals surface area contributed by atoms with E-state index in [1.165, 1.54) is 6.42 Å². The maximum atomic E-state index is 12.7. The van der Waals surface area contributed by atoms with Gasteiger partial charge in [0.05, 0.1) is 0 Å². The summed E-state index contributed by atoms with van der Waals surface area (Å²) in [6, 6.07) is 0. The lowest BCUT2D eigenvalue weighted by Crippen LogP contribution is -2.46. The van der Waals surface area contributed by atoms with Crippen LogP contribution in [0.3, 0.4) is 0 Å². The Balaban J connectivity index is 0.00000288. The number of piperidine rings is 2. The molecule has 2 rings (SSSR count). The molecule has 2 heterocycles. The number of hydrogen-bond acceptors (Lipinski definition) is 3. The Morgan fingerprint density at radius 3 is 2.12 bits per heavy atom. The van der Waals surface area contributed by atoms with Gasteiger partial charge in [-0.15, -0.1) is 12.4 Å². The van der Waals surface area contributed by atoms with Gasteiger partial charge >= 0.3 is 0 Å². The summed E-state index contributed by atoms with van der Waals surface area (Å²) in [4.78, 5) is 28.6. The summed E-state index contributed by atoms with van der Waals surface area (Å²) in [6.07, 6.45) is 6.72. The monoisotopic (exact) mass is 359 g/mol. The van der Waals surface area contributed by atoms with Gasteiger partial charge in [-0.25, -0.2) is 0 Å². The lowest BCUT2D eigenvalue weighted by atomic mass is 9.90. The Hall–Kier alpha value is -0.810. The quantitative estimate of drug-likeness (QED) is 0.791. The number of nitrogens with zero attached hydrogens (tertiary/aromatic N) is 2. The summed E-state index contributed by atoms with van der Waals surface area (Å²) in [7, 11) is 2.00. The summed E-state index contributed by atoms with van der Waals surface area (Å²) in [5.41, 5.74) is 0. The molecule has 2 aliphatic rings. The first-order valence-corrected chi connectivity index (χ1v) is 9.36. The van der Waals surface area contributed by atoms with Gasteiger partial charge in [-0.3, -0.25) is 9.59 Å². The molecule has 0 aromatic heterocycles. The molecule has 0 saturated carbocycles. The largest absolute Gasteiger partial charge is 0.343 e. The van der Waals surface area contributed by atoms with Crippen molar-refractivity contribution in [3.05, 3.63) is 0 Å². The van der Waals surface area contributed by atoms with Crippen molar-refractivity contribution in [3.8, 4) is 0 Å². The van der Waals surface area contributed by atoms with Gasteiger partial charge in [0.25, 0.3) is 0 Å². The summed E-state index contributed by atoms with van der Waals surface area (Å²) in [6.45, 7) is 6.46. The Morgan fingerprint density at radius 1 is 1.00 bits per heavy atom. The van der Waals surface area contributed by atoms with Crippen LogP contribution in [0.1, 0.15) is 51.9 Å². The van der Waals surface area contributed by atoms with Gasteiger partial charge in [0, 0.05) is 38.5 Å². The van der Waals surface area contributed by atoms with E-state index in [2.05, 4.69) is 10.2 Å². The molecule has 0 radical (unpaired) electrons. The van der Waals surface area contributed by atoms with Crippen molar-refractivity contribution in [2.45, 2.75) is 51.9 Å². The zero-order valence-corrected chi connectivity index (χ0v) is 16.1. The van der Waals surface area contributed by atoms with E-state index >= 15 is 0 Å². The van der Waals surface area contributed by atoms with Gasteiger partial charge in [-0.2, -0.15) is 0 Å². The molecule has 0 aromatic rings. The highest BCUT2D eigenvalue weighted by Crippen LogP contribution is 2.25. The predicted octanol–water partition coefficient (Wildman–Crippen LogP) is 2.30. The average Bonchev–Trinajstić information content (AvgIpc) is 2.60. The van der Waals surface area contributed by atoms with E-state index in [0.717, 1.165) is 70.7 Å². The predicted molar refractivity (Wildman–Crippen MR) is 99.3 cm³/mol. The molecule has 0 bridgehead atoms. The highest BCUT2D eigenvalue weighted by molar-refractivity contribution is 5.85. The SMILES string of the molecule is CCCC(=O)N1CCC(C(=O)N2CCC(CCNC)CC2)CC1.Cl. The molecule has 0 aromatic carbocycles. The van der Waals surface area contributed by atoms with Crippen LogP contribution in [0.4, 0.5) is 0 Å². The normalized spacial score (nSPS) is 19.9. The van der Waals surface area contributed by atoms with E-state index in [1.807, 2.05) is 18.9 Å². The first-order chi connectivity index (χ1) is 11.2. The number of carbonyl (C=O) groups is 2. The van der Waals surface area contributed by atoms with Gasteiger partial charge in [0.1, 0.15) is 0 Å². The average molecular weight is 360 g/mol. The highest BCUT2D eigenvalue weighted by atomic mass is 35.5. The van der Waals surface area contributed by atoms with Gasteiger partial charge in [-0.1, -0.05) is 6.92 Å². The fraction of sp³-hybridized carbons (Fsp3) is 0.889. The fourth-order valence-corrected chi connectivity index (χ4v) is 3.80. The second-order valence-electron chi connectivity index (χ2n) is 7.07. The minimum absolute atomic E-state index is 0. The van der Waals surface area contributed by atoms with E-state index in [0.29, 0.717) is 12.3 Å². The number of likely N-dealkylation sites (tertiary alicyclic amines) is 2. The highest BCUT2D eigenvalue weighted by Gasteiger charge is 2.31. The van der Waals surface area contributed by atoms with Gasteiger partial charge in [0.2, 0.25) is 11.8 Å². The Morgan fingerprint density at radius 2 is 1.58 bits per heavy atom. The third-order valence-electron chi connectivity index (χ3n) is 5.39. The van der Waals surface area contributed by atoms with Gasteiger partial charge in [0.15, 0.2) is 0 Å². The van der Waals surface area contributed by atoms with Crippen LogP contribution in [0.2, 0.25) is 0 Å². The lowest BCUT2D eigenvalue weighted by molar-refractivity contribution is -0.141. The van der Waals surface area contributed by atoms with Crippen LogP contribution in [-0.2, 0) is 9.59 Å². The number of halogens is 1. The number of hydrogen-bond donors (Lipinski definition) is 1. The molecule has 140 valence electrons. The summed E-state index contributed by atoms with van der Waals surface area (Å²) in [5, 5.41) is 3.21. The number of amides is 2. The second-order valence-corrected chi connectivity index (χ2v) is 7.07. The molecule has 2 amide bonds. The zero-order chi connectivity index (χ0) is 16.7. The minimum atomic E-state index is 0. The Labute approximate surface area is 152 Å². The number of carbonyl (C=O) groups excluding carboxylic acids is 2. The van der Waals surface area contributed by atoms with E-state index in [9.17, 15) is 9.59 Å². The van der Waals surface area contributed by atoms with E-state index < -0.39 is 0 Å². The van der Waals surface area contributed by atoms with Crippen molar-refractivity contribution < 1.29 is 9.59 Å². The van der Waals surface area contributed by atoms with Crippen LogP contribution in [0.25, 0.3) is 0 Å². The molecular formula is C18H34ClN3O2. The van der Waals surface area contributed by atoms with Crippen LogP contribution < -0.4 is 5.32 Å². The molecule has 5 nitrogen and oxygen atoms in total. The Kier molecular flexibility index (Phi) is 9.67. The van der Waals surface area contributed by atoms with Crippen LogP contribution in [0, 0.1) is 11.8 Å². The molecule has 0 spiro atoms. The molecule has 2 fully saturated rings. The number of rotatable bonds is 6. The van der Waals surface area contributed by atoms with E-state index in [-0.39, 0.29) is 24.2 Å². The number of nitrogens with one attached hydrogen (secondary N) is 1. The third kappa shape index (κ3) is 5.92. The van der Waals surface area contributed by atoms with Crippen molar-refractivity contribution in [2.24, 2.45) is 11.8 Å². The minimum Gasteiger partial charge on any atom is -0.343 e. The van der Waals surface area contributed by atoms with Gasteiger partial charge in [-0.05, 0) is 58.0 Å². The van der Waals surface area contributed by atoms with Crippen molar-refractivity contribution in [1.82, 2.24) is 15.1 Å². The first kappa shape index (κ1) is 21.2. The molecule has 0 atom stereocenters. The first-order valence-electron chi connectivity index (χ1n) is 9.36. The smallest absolute Gasteiger partial charge is 0.225 e. The van der Waals surface area contributed by atoms with Crippen molar-refractivity contribution in [3.63, 3.8) is 0 Å². The van der Waals surface area contributed by atoms with Crippen LogP contribution >= 0.6 is 12.4 Å². The van der Waals surface area contributed by atoms with Crippen LogP contribution in [-0.4, -0.2) is 61.4 Å². The second kappa shape index (κ2) is 10.9. The molecule has 2 saturated heterocycles. The third-order valence-corrected chi connectivity index (χ3v) is 5.39. The van der Waals surface area contributed by atoms with Gasteiger partial charge < -0.3 is 15.1 Å². The topological polar surface area (TPSA) is 52.7 Å². The van der Waals surface area contributed by atoms with Crippen molar-refractivity contribution in [2.75, 3.05) is 39.8 Å². The maximum Gasteiger partial charge on any atom is 0.225 e. The molecule has 6 heteroatoms. The molecule has 0 unspecified atom stereocenters. The lowest BCUT2D eigenvalue weighted by Gasteiger charge is -2.37. The zero-order valence-electron chi connectivity index (χ0n) is 15.3.